The van der Waals surface area contributed by atoms with Gasteiger partial charge in [-0.25, -0.2) is 4.79 Å². The van der Waals surface area contributed by atoms with Crippen molar-refractivity contribution in [1.29, 1.82) is 0 Å². The summed E-state index contributed by atoms with van der Waals surface area (Å²) < 4.78 is 10.5. The number of amides is 2. The highest BCUT2D eigenvalue weighted by Gasteiger charge is 2.47. The van der Waals surface area contributed by atoms with Crippen LogP contribution in [0.15, 0.2) is 23.4 Å². The van der Waals surface area contributed by atoms with E-state index in [-0.39, 0.29) is 12.5 Å². The minimum Gasteiger partial charge on any atom is -0.497 e. The number of hydrogen-bond acceptors (Lipinski definition) is 6. The summed E-state index contributed by atoms with van der Waals surface area (Å²) in [6, 6.07) is 3.83. The lowest BCUT2D eigenvalue weighted by molar-refractivity contribution is -0.147. The van der Waals surface area contributed by atoms with Crippen molar-refractivity contribution in [3.63, 3.8) is 0 Å². The average Bonchev–Trinajstić information content (AvgIpc) is 2.59. The molecule has 1 aromatic rings. The minimum absolute atomic E-state index is 0.240. The lowest BCUT2D eigenvalue weighted by atomic mass is 9.95. The first kappa shape index (κ1) is 17.4. The fraction of sp³-hybridized carbons (Fsp3) is 0.400. The molecule has 0 radical (unpaired) electrons. The second kappa shape index (κ2) is 7.53. The van der Waals surface area contributed by atoms with E-state index in [2.05, 4.69) is 15.3 Å². The number of rotatable bonds is 7. The summed E-state index contributed by atoms with van der Waals surface area (Å²) >= 11 is 0. The summed E-state index contributed by atoms with van der Waals surface area (Å²) in [5.74, 6) is 0.857. The first-order chi connectivity index (χ1) is 11.5. The molecule has 0 aliphatic carbocycles. The second-order valence-electron chi connectivity index (χ2n) is 5.00. The summed E-state index contributed by atoms with van der Waals surface area (Å²) in [5, 5.41) is 14.7. The van der Waals surface area contributed by atoms with Crippen molar-refractivity contribution in [1.82, 2.24) is 10.2 Å². The van der Waals surface area contributed by atoms with Crippen molar-refractivity contribution in [2.24, 2.45) is 5.16 Å². The summed E-state index contributed by atoms with van der Waals surface area (Å²) in [5.41, 5.74) is 0.760. The van der Waals surface area contributed by atoms with E-state index in [4.69, 9.17) is 14.6 Å². The van der Waals surface area contributed by atoms with Crippen LogP contribution in [0, 0.1) is 0 Å². The molecule has 2 atom stereocenters. The molecule has 1 saturated heterocycles. The maximum absolute atomic E-state index is 12.2. The summed E-state index contributed by atoms with van der Waals surface area (Å²) in [6.07, 6.45) is 0.115. The van der Waals surface area contributed by atoms with Crippen LogP contribution in [0.25, 0.3) is 0 Å². The molecule has 2 N–H and O–H groups in total. The highest BCUT2D eigenvalue weighted by Crippen LogP contribution is 2.29. The Bertz CT molecular complexity index is 648. The van der Waals surface area contributed by atoms with Gasteiger partial charge in [-0.1, -0.05) is 5.16 Å². The van der Waals surface area contributed by atoms with E-state index in [0.29, 0.717) is 11.5 Å². The normalized spacial score (nSPS) is 19.8. The van der Waals surface area contributed by atoms with Crippen LogP contribution in [0.2, 0.25) is 0 Å². The molecule has 9 heteroatoms. The Balaban J connectivity index is 2.19. The van der Waals surface area contributed by atoms with Gasteiger partial charge < -0.3 is 29.6 Å². The summed E-state index contributed by atoms with van der Waals surface area (Å²) in [7, 11) is 4.44. The standard InChI is InChI=1S/C15H19N3O6/c1-22-10-5-4-9(12(6-10)23-2)8-18-11(7-16-24-3)13(14(18)19)17-15(20)21/h4-7,11,13,17H,8H2,1-3H3,(H,20,21)/t11-,13?/m1/s1. The first-order valence-corrected chi connectivity index (χ1v) is 7.09. The van der Waals surface area contributed by atoms with Crippen LogP contribution in [0.3, 0.4) is 0 Å². The third kappa shape index (κ3) is 3.50. The highest BCUT2D eigenvalue weighted by atomic mass is 16.6. The van der Waals surface area contributed by atoms with Crippen LogP contribution < -0.4 is 14.8 Å². The number of carbonyl (C=O) groups is 2. The molecule has 1 aliphatic heterocycles. The molecule has 1 fully saturated rings. The molecule has 1 aliphatic rings. The topological polar surface area (TPSA) is 110 Å². The number of oxime groups is 1. The Kier molecular flexibility index (Phi) is 5.46. The predicted octanol–water partition coefficient (Wildman–Crippen LogP) is 0.683. The van der Waals surface area contributed by atoms with Crippen LogP contribution in [0.4, 0.5) is 4.79 Å². The van der Waals surface area contributed by atoms with E-state index in [0.717, 1.165) is 5.56 Å². The third-order valence-electron chi connectivity index (χ3n) is 3.68. The number of carboxylic acid groups (broad SMARTS) is 1. The number of β-lactam (4-membered cyclic amide) rings is 1. The van der Waals surface area contributed by atoms with Gasteiger partial charge in [0.05, 0.1) is 27.0 Å². The minimum atomic E-state index is -1.27. The number of nitrogens with one attached hydrogen (secondary N) is 1. The molecule has 1 unspecified atom stereocenters. The molecule has 130 valence electrons. The van der Waals surface area contributed by atoms with Gasteiger partial charge in [0.15, 0.2) is 0 Å². The number of nitrogens with zero attached hydrogens (tertiary/aromatic N) is 2. The summed E-state index contributed by atoms with van der Waals surface area (Å²) in [6.45, 7) is 0.240. The van der Waals surface area contributed by atoms with Crippen molar-refractivity contribution in [3.05, 3.63) is 23.8 Å². The SMILES string of the molecule is CON=C[C@@H]1C(NC(=O)O)C(=O)N1Cc1ccc(OC)cc1OC. The zero-order chi connectivity index (χ0) is 17.7. The Labute approximate surface area is 138 Å². The number of benzene rings is 1. The van der Waals surface area contributed by atoms with Gasteiger partial charge in [0.25, 0.3) is 0 Å². The molecular weight excluding hydrogens is 318 g/mol. The van der Waals surface area contributed by atoms with Gasteiger partial charge >= 0.3 is 6.09 Å². The van der Waals surface area contributed by atoms with Gasteiger partial charge in [-0.3, -0.25) is 4.79 Å². The zero-order valence-electron chi connectivity index (χ0n) is 13.6. The lowest BCUT2D eigenvalue weighted by Gasteiger charge is -2.44. The molecule has 9 nitrogen and oxygen atoms in total. The average molecular weight is 337 g/mol. The largest absolute Gasteiger partial charge is 0.497 e. The van der Waals surface area contributed by atoms with Crippen molar-refractivity contribution >= 4 is 18.2 Å². The maximum Gasteiger partial charge on any atom is 0.405 e. The number of ether oxygens (including phenoxy) is 2. The monoisotopic (exact) mass is 337 g/mol. The number of hydrogen-bond donors (Lipinski definition) is 2. The fourth-order valence-corrected chi connectivity index (χ4v) is 2.49. The van der Waals surface area contributed by atoms with Gasteiger partial charge in [-0.2, -0.15) is 0 Å². The van der Waals surface area contributed by atoms with E-state index in [9.17, 15) is 9.59 Å². The van der Waals surface area contributed by atoms with Gasteiger partial charge in [0.1, 0.15) is 30.7 Å². The maximum atomic E-state index is 12.2. The molecule has 1 heterocycles. The van der Waals surface area contributed by atoms with Crippen LogP contribution in [0.1, 0.15) is 5.56 Å². The van der Waals surface area contributed by atoms with Crippen molar-refractivity contribution in [3.8, 4) is 11.5 Å². The quantitative estimate of drug-likeness (QED) is 0.430. The van der Waals surface area contributed by atoms with Gasteiger partial charge in [0.2, 0.25) is 5.91 Å². The van der Waals surface area contributed by atoms with Crippen LogP contribution in [0.5, 0.6) is 11.5 Å². The third-order valence-corrected chi connectivity index (χ3v) is 3.68. The number of carbonyl (C=O) groups excluding carboxylic acids is 1. The van der Waals surface area contributed by atoms with E-state index in [1.165, 1.54) is 25.3 Å². The first-order valence-electron chi connectivity index (χ1n) is 7.09. The van der Waals surface area contributed by atoms with Crippen LogP contribution in [-0.2, 0) is 16.2 Å². The highest BCUT2D eigenvalue weighted by molar-refractivity contribution is 5.98. The molecule has 2 rings (SSSR count). The molecule has 0 aromatic heterocycles. The molecule has 0 bridgehead atoms. The lowest BCUT2D eigenvalue weighted by Crippen LogP contribution is -2.70. The molecule has 0 saturated carbocycles. The summed E-state index contributed by atoms with van der Waals surface area (Å²) in [4.78, 5) is 29.1. The Hall–Kier alpha value is -2.97. The predicted molar refractivity (Wildman–Crippen MR) is 84.3 cm³/mol. The van der Waals surface area contributed by atoms with Crippen molar-refractivity contribution in [2.75, 3.05) is 21.3 Å². The van der Waals surface area contributed by atoms with Crippen LogP contribution in [-0.4, -0.2) is 61.6 Å². The van der Waals surface area contributed by atoms with Crippen molar-refractivity contribution in [2.45, 2.75) is 18.6 Å². The van der Waals surface area contributed by atoms with Gasteiger partial charge in [0, 0.05) is 11.6 Å². The Morgan fingerprint density at radius 2 is 2.12 bits per heavy atom. The van der Waals surface area contributed by atoms with Crippen LogP contribution >= 0.6 is 0 Å². The van der Waals surface area contributed by atoms with E-state index < -0.39 is 18.2 Å². The smallest absolute Gasteiger partial charge is 0.405 e. The van der Waals surface area contributed by atoms with Gasteiger partial charge in [-0.05, 0) is 12.1 Å². The number of methoxy groups -OCH3 is 2. The van der Waals surface area contributed by atoms with E-state index >= 15 is 0 Å². The number of likely N-dealkylation sites (tertiary alicyclic amines) is 1. The Morgan fingerprint density at radius 3 is 2.71 bits per heavy atom. The molecule has 24 heavy (non-hydrogen) atoms. The molecule has 1 aromatic carbocycles. The molecular formula is C15H19N3O6. The van der Waals surface area contributed by atoms with E-state index in [1.54, 1.807) is 25.3 Å². The second-order valence-corrected chi connectivity index (χ2v) is 5.00. The molecule has 2 amide bonds. The van der Waals surface area contributed by atoms with Crippen molar-refractivity contribution < 1.29 is 29.0 Å². The zero-order valence-corrected chi connectivity index (χ0v) is 13.6. The Morgan fingerprint density at radius 1 is 1.38 bits per heavy atom. The van der Waals surface area contributed by atoms with Gasteiger partial charge in [-0.15, -0.1) is 0 Å². The fourth-order valence-electron chi connectivity index (χ4n) is 2.49. The molecule has 0 spiro atoms. The van der Waals surface area contributed by atoms with E-state index in [1.807, 2.05) is 0 Å².